The largest absolute Gasteiger partial charge is 0.460 e. The Hall–Kier alpha value is -0.795. The lowest BCUT2D eigenvalue weighted by atomic mass is 9.70. The summed E-state index contributed by atoms with van der Waals surface area (Å²) < 4.78 is 11.6. The van der Waals surface area contributed by atoms with E-state index in [2.05, 4.69) is 45.0 Å². The van der Waals surface area contributed by atoms with Gasteiger partial charge in [0.05, 0.1) is 12.2 Å². The van der Waals surface area contributed by atoms with Gasteiger partial charge in [0, 0.05) is 0 Å². The second-order valence-electron chi connectivity index (χ2n) is 4.72. The molecule has 1 heterocycles. The first kappa shape index (κ1) is 11.7. The third-order valence-electron chi connectivity index (χ3n) is 3.22. The van der Waals surface area contributed by atoms with Crippen LogP contribution in [0.15, 0.2) is 30.3 Å². The van der Waals surface area contributed by atoms with Gasteiger partial charge in [-0.05, 0) is 31.6 Å². The van der Waals surface area contributed by atoms with Crippen LogP contribution in [0.3, 0.4) is 0 Å². The molecule has 0 aliphatic carbocycles. The number of benzene rings is 1. The Bertz CT molecular complexity index is 318. The Morgan fingerprint density at radius 3 is 2.25 bits per heavy atom. The highest BCUT2D eigenvalue weighted by Gasteiger charge is 2.38. The van der Waals surface area contributed by atoms with Gasteiger partial charge in [-0.2, -0.15) is 0 Å². The second-order valence-corrected chi connectivity index (χ2v) is 4.72. The molecule has 86 valence electrons. The molecule has 0 bridgehead atoms. The van der Waals surface area contributed by atoms with Crippen molar-refractivity contribution < 1.29 is 9.31 Å². The zero-order chi connectivity index (χ0) is 11.5. The summed E-state index contributed by atoms with van der Waals surface area (Å²) in [6.45, 7) is 6.32. The highest BCUT2D eigenvalue weighted by Crippen LogP contribution is 2.26. The van der Waals surface area contributed by atoms with E-state index >= 15 is 0 Å². The Morgan fingerprint density at radius 1 is 1.12 bits per heavy atom. The smallest absolute Gasteiger partial charge is 0.406 e. The van der Waals surface area contributed by atoms with Crippen LogP contribution in [0.2, 0.25) is 5.82 Å². The highest BCUT2D eigenvalue weighted by atomic mass is 16.7. The average Bonchev–Trinajstić information content (AvgIpc) is 2.61. The van der Waals surface area contributed by atoms with Crippen LogP contribution in [0.5, 0.6) is 0 Å². The standard InChI is InChI=1S/C13H19BO2/c1-10(9-13-7-5-4-6-8-13)14-15-11(2)12(3)16-14/h4-8,10-12H,9H2,1-3H3. The van der Waals surface area contributed by atoms with Crippen molar-refractivity contribution in [1.82, 2.24) is 0 Å². The van der Waals surface area contributed by atoms with Gasteiger partial charge in [0.2, 0.25) is 0 Å². The van der Waals surface area contributed by atoms with Crippen LogP contribution in [-0.4, -0.2) is 19.3 Å². The first-order chi connectivity index (χ1) is 7.66. The molecule has 1 aromatic rings. The molecule has 3 atom stereocenters. The fourth-order valence-corrected chi connectivity index (χ4v) is 2.03. The van der Waals surface area contributed by atoms with E-state index < -0.39 is 0 Å². The molecule has 1 saturated heterocycles. The van der Waals surface area contributed by atoms with Crippen LogP contribution in [0, 0.1) is 0 Å². The molecule has 0 saturated carbocycles. The summed E-state index contributed by atoms with van der Waals surface area (Å²) in [6.07, 6.45) is 1.43. The number of hydrogen-bond donors (Lipinski definition) is 0. The first-order valence-corrected chi connectivity index (χ1v) is 6.01. The van der Waals surface area contributed by atoms with Gasteiger partial charge < -0.3 is 9.31 Å². The lowest BCUT2D eigenvalue weighted by Crippen LogP contribution is -2.23. The van der Waals surface area contributed by atoms with Crippen molar-refractivity contribution in [1.29, 1.82) is 0 Å². The molecule has 3 heteroatoms. The monoisotopic (exact) mass is 218 g/mol. The lowest BCUT2D eigenvalue weighted by Gasteiger charge is -2.13. The van der Waals surface area contributed by atoms with Crippen LogP contribution in [0.1, 0.15) is 26.3 Å². The number of rotatable bonds is 3. The van der Waals surface area contributed by atoms with E-state index in [0.29, 0.717) is 5.82 Å². The molecule has 1 aliphatic heterocycles. The maximum absolute atomic E-state index is 5.79. The van der Waals surface area contributed by atoms with Crippen molar-refractivity contribution in [3.8, 4) is 0 Å². The summed E-state index contributed by atoms with van der Waals surface area (Å²) >= 11 is 0. The van der Waals surface area contributed by atoms with Gasteiger partial charge in [0.1, 0.15) is 0 Å². The molecule has 0 amide bonds. The molecule has 0 spiro atoms. The van der Waals surface area contributed by atoms with E-state index in [1.165, 1.54) is 5.56 Å². The van der Waals surface area contributed by atoms with Crippen molar-refractivity contribution in [2.75, 3.05) is 0 Å². The van der Waals surface area contributed by atoms with Crippen molar-refractivity contribution in [2.45, 2.75) is 45.2 Å². The fourth-order valence-electron chi connectivity index (χ4n) is 2.03. The van der Waals surface area contributed by atoms with Crippen molar-refractivity contribution in [2.24, 2.45) is 0 Å². The van der Waals surface area contributed by atoms with Gasteiger partial charge >= 0.3 is 7.12 Å². The third kappa shape index (κ3) is 2.66. The maximum Gasteiger partial charge on any atom is 0.460 e. The van der Waals surface area contributed by atoms with Gasteiger partial charge in [-0.25, -0.2) is 0 Å². The van der Waals surface area contributed by atoms with E-state index in [1.807, 2.05) is 6.07 Å². The normalized spacial score (nSPS) is 27.1. The van der Waals surface area contributed by atoms with E-state index in [-0.39, 0.29) is 19.3 Å². The zero-order valence-corrected chi connectivity index (χ0v) is 10.2. The minimum absolute atomic E-state index is 0.0507. The zero-order valence-electron chi connectivity index (χ0n) is 10.2. The lowest BCUT2D eigenvalue weighted by molar-refractivity contribution is 0.187. The van der Waals surface area contributed by atoms with Crippen LogP contribution >= 0.6 is 0 Å². The van der Waals surface area contributed by atoms with Crippen LogP contribution < -0.4 is 0 Å². The quantitative estimate of drug-likeness (QED) is 0.726. The number of hydrogen-bond acceptors (Lipinski definition) is 2. The van der Waals surface area contributed by atoms with E-state index in [9.17, 15) is 0 Å². The molecule has 2 nitrogen and oxygen atoms in total. The van der Waals surface area contributed by atoms with E-state index in [0.717, 1.165) is 6.42 Å². The molecule has 2 rings (SSSR count). The Kier molecular flexibility index (Phi) is 3.67. The second kappa shape index (κ2) is 5.02. The minimum atomic E-state index is -0.0507. The van der Waals surface area contributed by atoms with Crippen molar-refractivity contribution in [3.63, 3.8) is 0 Å². The predicted octanol–water partition coefficient (Wildman–Crippen LogP) is 2.93. The fraction of sp³-hybridized carbons (Fsp3) is 0.538. The van der Waals surface area contributed by atoms with Gasteiger partial charge in [-0.15, -0.1) is 0 Å². The van der Waals surface area contributed by atoms with E-state index in [1.54, 1.807) is 0 Å². The van der Waals surface area contributed by atoms with Crippen LogP contribution in [-0.2, 0) is 15.7 Å². The Morgan fingerprint density at radius 2 is 1.69 bits per heavy atom. The summed E-state index contributed by atoms with van der Waals surface area (Å²) in [6, 6.07) is 10.5. The summed E-state index contributed by atoms with van der Waals surface area (Å²) in [5.41, 5.74) is 1.34. The molecule has 1 aliphatic rings. The maximum atomic E-state index is 5.79. The predicted molar refractivity (Wildman–Crippen MR) is 66.4 cm³/mol. The SMILES string of the molecule is CC(Cc1ccccc1)B1OC(C)C(C)O1. The molecule has 16 heavy (non-hydrogen) atoms. The van der Waals surface area contributed by atoms with E-state index in [4.69, 9.17) is 9.31 Å². The topological polar surface area (TPSA) is 18.5 Å². The Balaban J connectivity index is 1.92. The molecule has 0 aromatic heterocycles. The average molecular weight is 218 g/mol. The molecule has 1 aromatic carbocycles. The summed E-state index contributed by atoms with van der Waals surface area (Å²) in [7, 11) is -0.0507. The van der Waals surface area contributed by atoms with Crippen LogP contribution in [0.25, 0.3) is 0 Å². The Labute approximate surface area is 98.1 Å². The minimum Gasteiger partial charge on any atom is -0.406 e. The summed E-state index contributed by atoms with van der Waals surface area (Å²) in [5.74, 6) is 0.398. The third-order valence-corrected chi connectivity index (χ3v) is 3.22. The van der Waals surface area contributed by atoms with Gasteiger partial charge in [-0.1, -0.05) is 37.3 Å². The van der Waals surface area contributed by atoms with Gasteiger partial charge in [0.25, 0.3) is 0 Å². The van der Waals surface area contributed by atoms with Gasteiger partial charge in [-0.3, -0.25) is 0 Å². The molecular formula is C13H19BO2. The summed E-state index contributed by atoms with van der Waals surface area (Å²) in [4.78, 5) is 0. The van der Waals surface area contributed by atoms with Crippen molar-refractivity contribution in [3.05, 3.63) is 35.9 Å². The summed E-state index contributed by atoms with van der Waals surface area (Å²) in [5, 5.41) is 0. The van der Waals surface area contributed by atoms with Crippen molar-refractivity contribution >= 4 is 7.12 Å². The van der Waals surface area contributed by atoms with Gasteiger partial charge in [0.15, 0.2) is 0 Å². The highest BCUT2D eigenvalue weighted by molar-refractivity contribution is 6.47. The molecule has 3 unspecified atom stereocenters. The van der Waals surface area contributed by atoms with Crippen LogP contribution in [0.4, 0.5) is 0 Å². The molecule has 0 N–H and O–H groups in total. The first-order valence-electron chi connectivity index (χ1n) is 6.01. The molecular weight excluding hydrogens is 199 g/mol. The molecule has 0 radical (unpaired) electrons. The molecule has 1 fully saturated rings.